The number of nitrogens with zero attached hydrogens (tertiary/aromatic N) is 3. The summed E-state index contributed by atoms with van der Waals surface area (Å²) in [5.41, 5.74) is 5.19. The van der Waals surface area contributed by atoms with Crippen LogP contribution >= 0.6 is 0 Å². The van der Waals surface area contributed by atoms with Gasteiger partial charge in [-0.25, -0.2) is 9.66 Å². The molecule has 0 aliphatic carbocycles. The Labute approximate surface area is 83.1 Å². The van der Waals surface area contributed by atoms with Gasteiger partial charge in [0, 0.05) is 44.6 Å². The largest absolute Gasteiger partial charge is 0.377 e. The molecule has 2 aromatic heterocycles. The van der Waals surface area contributed by atoms with E-state index >= 15 is 0 Å². The smallest absolute Gasteiger partial charge is 0.160 e. The van der Waals surface area contributed by atoms with Gasteiger partial charge in [0.25, 0.3) is 0 Å². The Morgan fingerprint density at radius 1 is 1.36 bits per heavy atom. The van der Waals surface area contributed by atoms with E-state index in [1.54, 1.807) is 0 Å². The molecule has 0 radical (unpaired) electrons. The molecular formula is C10H14N4. The maximum absolute atomic E-state index is 4.33. The third-order valence-corrected chi connectivity index (χ3v) is 2.29. The zero-order valence-corrected chi connectivity index (χ0v) is 8.65. The average Bonchev–Trinajstić information content (AvgIpc) is 2.59. The zero-order chi connectivity index (χ0) is 10.1. The van der Waals surface area contributed by atoms with E-state index in [0.29, 0.717) is 0 Å². The van der Waals surface area contributed by atoms with Crippen LogP contribution in [0, 0.1) is 0 Å². The molecule has 0 bridgehead atoms. The third kappa shape index (κ3) is 1.19. The normalized spacial score (nSPS) is 10.5. The van der Waals surface area contributed by atoms with Gasteiger partial charge in [0.05, 0.1) is 0 Å². The molecule has 14 heavy (non-hydrogen) atoms. The second-order valence-corrected chi connectivity index (χ2v) is 3.37. The highest BCUT2D eigenvalue weighted by atomic mass is 15.4. The lowest BCUT2D eigenvalue weighted by Crippen LogP contribution is -2.10. The Bertz CT molecular complexity index is 444. The number of pyridine rings is 1. The van der Waals surface area contributed by atoms with Crippen LogP contribution in [0.25, 0.3) is 11.0 Å². The van der Waals surface area contributed by atoms with Crippen molar-refractivity contribution in [1.29, 1.82) is 0 Å². The minimum absolute atomic E-state index is 0.957. The molecule has 0 atom stereocenters. The second kappa shape index (κ2) is 3.21. The summed E-state index contributed by atoms with van der Waals surface area (Å²) in [6.45, 7) is 0. The Balaban J connectivity index is 2.70. The molecule has 0 amide bonds. The van der Waals surface area contributed by atoms with Crippen molar-refractivity contribution in [2.24, 2.45) is 0 Å². The van der Waals surface area contributed by atoms with E-state index in [4.69, 9.17) is 0 Å². The molecule has 0 saturated carbocycles. The van der Waals surface area contributed by atoms with Crippen LogP contribution in [0.5, 0.6) is 0 Å². The van der Waals surface area contributed by atoms with Crippen LogP contribution in [-0.2, 0) is 0 Å². The maximum Gasteiger partial charge on any atom is 0.160 e. The van der Waals surface area contributed by atoms with Crippen molar-refractivity contribution in [1.82, 2.24) is 9.66 Å². The van der Waals surface area contributed by atoms with Gasteiger partial charge >= 0.3 is 0 Å². The molecule has 0 spiro atoms. The number of anilines is 1. The molecule has 2 heterocycles. The van der Waals surface area contributed by atoms with Gasteiger partial charge in [-0.1, -0.05) is 0 Å². The van der Waals surface area contributed by atoms with Gasteiger partial charge in [-0.2, -0.15) is 0 Å². The lowest BCUT2D eigenvalue weighted by molar-refractivity contribution is 0.956. The highest BCUT2D eigenvalue weighted by Crippen LogP contribution is 2.23. The summed E-state index contributed by atoms with van der Waals surface area (Å²) < 4.78 is 1.91. The Morgan fingerprint density at radius 3 is 2.79 bits per heavy atom. The molecule has 0 unspecified atom stereocenters. The van der Waals surface area contributed by atoms with Crippen molar-refractivity contribution in [3.8, 4) is 0 Å². The van der Waals surface area contributed by atoms with Gasteiger partial charge in [-0.15, -0.1) is 0 Å². The highest BCUT2D eigenvalue weighted by Gasteiger charge is 2.06. The summed E-state index contributed by atoms with van der Waals surface area (Å²) in [6, 6.07) is 4.08. The van der Waals surface area contributed by atoms with Gasteiger partial charge in [0.15, 0.2) is 5.65 Å². The van der Waals surface area contributed by atoms with Crippen LogP contribution in [0.3, 0.4) is 0 Å². The van der Waals surface area contributed by atoms with E-state index < -0.39 is 0 Å². The van der Waals surface area contributed by atoms with Gasteiger partial charge in [0.1, 0.15) is 0 Å². The fraction of sp³-hybridized carbons (Fsp3) is 0.300. The fourth-order valence-electron chi connectivity index (χ4n) is 1.59. The first-order valence-electron chi connectivity index (χ1n) is 4.55. The first-order valence-corrected chi connectivity index (χ1v) is 4.55. The number of nitrogens with one attached hydrogen (secondary N) is 1. The van der Waals surface area contributed by atoms with Crippen molar-refractivity contribution in [3.05, 3.63) is 24.5 Å². The molecule has 4 heteroatoms. The molecule has 0 fully saturated rings. The SMILES string of the molecule is CNn1ccc2c(N(C)C)ccnc21. The third-order valence-electron chi connectivity index (χ3n) is 2.29. The summed E-state index contributed by atoms with van der Waals surface area (Å²) >= 11 is 0. The summed E-state index contributed by atoms with van der Waals surface area (Å²) in [7, 11) is 5.94. The van der Waals surface area contributed by atoms with Crippen LogP contribution in [0.1, 0.15) is 0 Å². The van der Waals surface area contributed by atoms with Crippen molar-refractivity contribution in [2.75, 3.05) is 31.5 Å². The van der Waals surface area contributed by atoms with Crippen LogP contribution in [0.4, 0.5) is 5.69 Å². The zero-order valence-electron chi connectivity index (χ0n) is 8.65. The van der Waals surface area contributed by atoms with E-state index in [1.165, 1.54) is 5.69 Å². The molecule has 2 aromatic rings. The van der Waals surface area contributed by atoms with Crippen molar-refractivity contribution >= 4 is 16.7 Å². The maximum atomic E-state index is 4.33. The number of hydrogen-bond donors (Lipinski definition) is 1. The molecule has 0 aromatic carbocycles. The molecule has 1 N–H and O–H groups in total. The molecule has 2 rings (SSSR count). The summed E-state index contributed by atoms with van der Waals surface area (Å²) in [5.74, 6) is 0. The minimum atomic E-state index is 0.957. The topological polar surface area (TPSA) is 33.1 Å². The van der Waals surface area contributed by atoms with E-state index in [9.17, 15) is 0 Å². The highest BCUT2D eigenvalue weighted by molar-refractivity contribution is 5.90. The van der Waals surface area contributed by atoms with Gasteiger partial charge < -0.3 is 10.3 Å². The van der Waals surface area contributed by atoms with E-state index in [-0.39, 0.29) is 0 Å². The van der Waals surface area contributed by atoms with Crippen LogP contribution in [-0.4, -0.2) is 30.8 Å². The summed E-state index contributed by atoms with van der Waals surface area (Å²) in [4.78, 5) is 6.42. The van der Waals surface area contributed by atoms with E-state index in [1.807, 2.05) is 44.3 Å². The fourth-order valence-corrected chi connectivity index (χ4v) is 1.59. The lowest BCUT2D eigenvalue weighted by atomic mass is 10.3. The first-order chi connectivity index (χ1) is 6.74. The Morgan fingerprint density at radius 2 is 2.14 bits per heavy atom. The van der Waals surface area contributed by atoms with Gasteiger partial charge in [-0.3, -0.25) is 0 Å². The van der Waals surface area contributed by atoms with Crippen molar-refractivity contribution < 1.29 is 0 Å². The van der Waals surface area contributed by atoms with Gasteiger partial charge in [0.2, 0.25) is 0 Å². The molecule has 0 aliphatic heterocycles. The lowest BCUT2D eigenvalue weighted by Gasteiger charge is -2.13. The van der Waals surface area contributed by atoms with E-state index in [0.717, 1.165) is 11.0 Å². The van der Waals surface area contributed by atoms with Crippen LogP contribution in [0.2, 0.25) is 0 Å². The predicted octanol–water partition coefficient (Wildman–Crippen LogP) is 1.28. The minimum Gasteiger partial charge on any atom is -0.377 e. The molecular weight excluding hydrogens is 176 g/mol. The number of fused-ring (bicyclic) bond motifs is 1. The van der Waals surface area contributed by atoms with Crippen molar-refractivity contribution in [2.45, 2.75) is 0 Å². The predicted molar refractivity (Wildman–Crippen MR) is 59.3 cm³/mol. The van der Waals surface area contributed by atoms with Crippen LogP contribution in [0.15, 0.2) is 24.5 Å². The Hall–Kier alpha value is -1.71. The average molecular weight is 190 g/mol. The van der Waals surface area contributed by atoms with Crippen LogP contribution < -0.4 is 10.3 Å². The number of hydrogen-bond acceptors (Lipinski definition) is 3. The Kier molecular flexibility index (Phi) is 2.04. The molecule has 0 saturated heterocycles. The number of aromatic nitrogens is 2. The second-order valence-electron chi connectivity index (χ2n) is 3.37. The van der Waals surface area contributed by atoms with Crippen molar-refractivity contribution in [3.63, 3.8) is 0 Å². The quantitative estimate of drug-likeness (QED) is 0.774. The summed E-state index contributed by atoms with van der Waals surface area (Å²) in [6.07, 6.45) is 3.80. The number of rotatable bonds is 2. The first kappa shape index (κ1) is 8.87. The molecule has 0 aliphatic rings. The standard InChI is InChI=1S/C10H14N4/c1-11-14-7-5-8-9(13(2)3)4-6-12-10(8)14/h4-7,11H,1-3H3. The van der Waals surface area contributed by atoms with Gasteiger partial charge in [-0.05, 0) is 12.1 Å². The molecule has 4 nitrogen and oxygen atoms in total. The summed E-state index contributed by atoms with van der Waals surface area (Å²) in [5, 5.41) is 1.16. The van der Waals surface area contributed by atoms with E-state index in [2.05, 4.69) is 21.4 Å². The monoisotopic (exact) mass is 190 g/mol. The molecule has 74 valence electrons.